The average Bonchev–Trinajstić information content (AvgIpc) is 3.14. The van der Waals surface area contributed by atoms with Gasteiger partial charge in [-0.15, -0.1) is 0 Å². The van der Waals surface area contributed by atoms with Crippen LogP contribution < -0.4 is 16.4 Å². The minimum absolute atomic E-state index is 0.0569. The van der Waals surface area contributed by atoms with Crippen molar-refractivity contribution >= 4 is 18.0 Å². The molecule has 1 aromatic rings. The zero-order valence-corrected chi connectivity index (χ0v) is 15.0. The third kappa shape index (κ3) is 5.61. The molecule has 2 amide bonds. The van der Waals surface area contributed by atoms with E-state index in [1.807, 2.05) is 0 Å². The fourth-order valence-electron chi connectivity index (χ4n) is 2.61. The monoisotopic (exact) mass is 401 g/mol. The smallest absolute Gasteiger partial charge is 0.328 e. The predicted octanol–water partition coefficient (Wildman–Crippen LogP) is -1.32. The lowest BCUT2D eigenvalue weighted by molar-refractivity contribution is -0.140. The van der Waals surface area contributed by atoms with E-state index in [2.05, 4.69) is 20.8 Å². The molecule has 1 fully saturated rings. The van der Waals surface area contributed by atoms with E-state index in [4.69, 9.17) is 30.3 Å². The first-order valence-corrected chi connectivity index (χ1v) is 8.58. The molecule has 156 valence electrons. The Kier molecular flexibility index (Phi) is 7.25. The van der Waals surface area contributed by atoms with Gasteiger partial charge in [0.05, 0.1) is 12.1 Å². The van der Waals surface area contributed by atoms with Crippen molar-refractivity contribution in [1.29, 1.82) is 0 Å². The molecule has 0 aliphatic carbocycles. The summed E-state index contributed by atoms with van der Waals surface area (Å²) in [5.41, 5.74) is 5.43. The molecule has 1 aliphatic heterocycles. The van der Waals surface area contributed by atoms with Crippen molar-refractivity contribution in [3.8, 4) is 0 Å². The highest BCUT2D eigenvalue weighted by Gasteiger charge is 2.36. The third-order valence-electron chi connectivity index (χ3n) is 4.31. The Bertz CT molecular complexity index is 702. The molecule has 28 heavy (non-hydrogen) atoms. The number of carboxylic acid groups (broad SMARTS) is 2. The van der Waals surface area contributed by atoms with Gasteiger partial charge >= 0.3 is 18.0 Å². The second-order valence-electron chi connectivity index (χ2n) is 6.40. The Labute approximate surface area is 159 Å². The molecule has 0 saturated carbocycles. The highest BCUT2D eigenvalue weighted by Crippen LogP contribution is 2.28. The van der Waals surface area contributed by atoms with Gasteiger partial charge in [0.15, 0.2) is 11.9 Å². The van der Waals surface area contributed by atoms with Crippen LogP contribution in [0.2, 0.25) is 0 Å². The van der Waals surface area contributed by atoms with Gasteiger partial charge in [-0.3, -0.25) is 4.79 Å². The van der Waals surface area contributed by atoms with Crippen LogP contribution in [0.4, 0.5) is 4.79 Å². The van der Waals surface area contributed by atoms with Gasteiger partial charge < -0.3 is 40.9 Å². The minimum atomic E-state index is -1.52. The fraction of sp³-hybridized carbons (Fsp3) is 0.667. The molecule has 7 N–H and O–H groups in total. The summed E-state index contributed by atoms with van der Waals surface area (Å²) in [4.78, 5) is 38.1. The van der Waals surface area contributed by atoms with E-state index in [0.717, 1.165) is 0 Å². The molecule has 1 aliphatic rings. The number of aliphatic carboxylic acids is 2. The number of nitrogens with zero attached hydrogens (tertiary/aromatic N) is 2. The van der Waals surface area contributed by atoms with E-state index in [9.17, 15) is 14.4 Å². The highest BCUT2D eigenvalue weighted by atomic mass is 16.5. The average molecular weight is 401 g/mol. The maximum Gasteiger partial charge on any atom is 0.328 e. The van der Waals surface area contributed by atoms with Crippen molar-refractivity contribution in [3.63, 3.8) is 0 Å². The molecule has 2 rings (SSSR count). The van der Waals surface area contributed by atoms with Crippen LogP contribution in [-0.2, 0) is 19.9 Å². The van der Waals surface area contributed by atoms with Crippen LogP contribution >= 0.6 is 0 Å². The number of aliphatic hydroxyl groups is 1. The number of hydrogen-bond donors (Lipinski definition) is 6. The Hall–Kier alpha value is -2.77. The Morgan fingerprint density at radius 1 is 1.21 bits per heavy atom. The van der Waals surface area contributed by atoms with Crippen molar-refractivity contribution in [2.75, 3.05) is 19.8 Å². The summed E-state index contributed by atoms with van der Waals surface area (Å²) in [5, 5.41) is 35.1. The number of urea groups is 1. The molecule has 0 spiro atoms. The Morgan fingerprint density at radius 2 is 1.89 bits per heavy atom. The Balaban J connectivity index is 2.13. The standard InChI is InChI=1S/C15H23N5O8/c16-15(3-5-27-6-4-15)13-19-11(28-20-13)8(1-2-10(22)23)17-14(26)18-9(7-21)12(24)25/h8-9,21H,1-7,16H2,(H,22,23)(H,24,25)(H2,17,18,26)/t8-,9-/m0/s1. The normalized spacial score (nSPS) is 18.1. The number of rotatable bonds is 9. The van der Waals surface area contributed by atoms with E-state index in [-0.39, 0.29) is 24.6 Å². The number of carboxylic acids is 2. The van der Waals surface area contributed by atoms with Crippen molar-refractivity contribution in [1.82, 2.24) is 20.8 Å². The molecule has 0 unspecified atom stereocenters. The summed E-state index contributed by atoms with van der Waals surface area (Å²) in [6, 6.07) is -3.45. The maximum atomic E-state index is 12.0. The zero-order chi connectivity index (χ0) is 20.7. The van der Waals surface area contributed by atoms with Gasteiger partial charge in [0, 0.05) is 19.6 Å². The van der Waals surface area contributed by atoms with Crippen molar-refractivity contribution < 1.29 is 39.0 Å². The van der Waals surface area contributed by atoms with E-state index >= 15 is 0 Å². The van der Waals surface area contributed by atoms with Gasteiger partial charge in [0.25, 0.3) is 0 Å². The topological polar surface area (TPSA) is 210 Å². The van der Waals surface area contributed by atoms with Gasteiger partial charge in [-0.1, -0.05) is 5.16 Å². The zero-order valence-electron chi connectivity index (χ0n) is 15.0. The highest BCUT2D eigenvalue weighted by molar-refractivity contribution is 5.82. The van der Waals surface area contributed by atoms with E-state index in [1.54, 1.807) is 0 Å². The molecule has 13 nitrogen and oxygen atoms in total. The SMILES string of the molecule is NC1(c2noc([C@H](CCC(=O)O)NC(=O)N[C@@H](CO)C(=O)O)n2)CCOCC1. The molecule has 2 heterocycles. The summed E-state index contributed by atoms with van der Waals surface area (Å²) in [5.74, 6) is -2.37. The van der Waals surface area contributed by atoms with Crippen molar-refractivity contribution in [3.05, 3.63) is 11.7 Å². The second kappa shape index (κ2) is 9.43. The van der Waals surface area contributed by atoms with Crippen LogP contribution in [0, 0.1) is 0 Å². The van der Waals surface area contributed by atoms with E-state index < -0.39 is 42.2 Å². The first-order valence-electron chi connectivity index (χ1n) is 8.58. The summed E-state index contributed by atoms with van der Waals surface area (Å²) >= 11 is 0. The number of amides is 2. The molecule has 1 saturated heterocycles. The first kappa shape index (κ1) is 21.5. The Morgan fingerprint density at radius 3 is 2.46 bits per heavy atom. The first-order chi connectivity index (χ1) is 13.2. The van der Waals surface area contributed by atoms with Crippen molar-refractivity contribution in [2.45, 2.75) is 43.3 Å². The van der Waals surface area contributed by atoms with Crippen LogP contribution in [0.25, 0.3) is 0 Å². The number of nitrogens with one attached hydrogen (secondary N) is 2. The fourth-order valence-corrected chi connectivity index (χ4v) is 2.61. The van der Waals surface area contributed by atoms with Crippen LogP contribution in [0.3, 0.4) is 0 Å². The lowest BCUT2D eigenvalue weighted by atomic mass is 9.91. The largest absolute Gasteiger partial charge is 0.481 e. The number of aliphatic hydroxyl groups excluding tert-OH is 1. The van der Waals surface area contributed by atoms with Gasteiger partial charge in [0.2, 0.25) is 5.89 Å². The number of ether oxygens (including phenoxy) is 1. The third-order valence-corrected chi connectivity index (χ3v) is 4.31. The van der Waals surface area contributed by atoms with E-state index in [0.29, 0.717) is 26.1 Å². The van der Waals surface area contributed by atoms with Gasteiger partial charge in [0.1, 0.15) is 6.04 Å². The lowest BCUT2D eigenvalue weighted by Crippen LogP contribution is -2.48. The van der Waals surface area contributed by atoms with Gasteiger partial charge in [-0.25, -0.2) is 9.59 Å². The van der Waals surface area contributed by atoms with Crippen molar-refractivity contribution in [2.24, 2.45) is 5.73 Å². The van der Waals surface area contributed by atoms with Gasteiger partial charge in [-0.05, 0) is 19.3 Å². The minimum Gasteiger partial charge on any atom is -0.481 e. The second-order valence-corrected chi connectivity index (χ2v) is 6.40. The number of hydrogen-bond acceptors (Lipinski definition) is 9. The quantitative estimate of drug-likeness (QED) is 0.286. The molecular weight excluding hydrogens is 378 g/mol. The molecule has 2 atom stereocenters. The van der Waals surface area contributed by atoms with Crippen LogP contribution in [-0.4, -0.2) is 69.3 Å². The van der Waals surface area contributed by atoms with Crippen LogP contribution in [0.15, 0.2) is 4.52 Å². The number of nitrogens with two attached hydrogens (primary N) is 1. The lowest BCUT2D eigenvalue weighted by Gasteiger charge is -2.29. The molecule has 13 heteroatoms. The number of aromatic nitrogens is 2. The summed E-state index contributed by atoms with van der Waals surface area (Å²) in [6.07, 6.45) is 0.543. The summed E-state index contributed by atoms with van der Waals surface area (Å²) in [7, 11) is 0. The molecule has 0 aromatic carbocycles. The maximum absolute atomic E-state index is 12.0. The number of carbonyl (C=O) groups is 3. The van der Waals surface area contributed by atoms with Gasteiger partial charge in [-0.2, -0.15) is 4.98 Å². The summed E-state index contributed by atoms with van der Waals surface area (Å²) in [6.45, 7) is 0.0490. The molecular formula is C15H23N5O8. The van der Waals surface area contributed by atoms with Crippen LogP contribution in [0.5, 0.6) is 0 Å². The molecule has 0 bridgehead atoms. The summed E-state index contributed by atoms with van der Waals surface area (Å²) < 4.78 is 10.4. The van der Waals surface area contributed by atoms with Crippen LogP contribution in [0.1, 0.15) is 43.4 Å². The van der Waals surface area contributed by atoms with E-state index in [1.165, 1.54) is 0 Å². The molecule has 1 aromatic heterocycles. The predicted molar refractivity (Wildman–Crippen MR) is 90.0 cm³/mol. The number of carbonyl (C=O) groups excluding carboxylic acids is 1. The molecule has 0 radical (unpaired) electrons.